The van der Waals surface area contributed by atoms with E-state index in [0.29, 0.717) is 27.1 Å². The first-order valence-electron chi connectivity index (χ1n) is 5.12. The predicted octanol–water partition coefficient (Wildman–Crippen LogP) is 5.04. The molecule has 2 aromatic carbocycles. The van der Waals surface area contributed by atoms with Gasteiger partial charge in [0.2, 0.25) is 0 Å². The minimum Gasteiger partial charge on any atom is -0.455 e. The Morgan fingerprint density at radius 1 is 1.06 bits per heavy atom. The molecule has 0 saturated heterocycles. The monoisotopic (exact) mass is 346 g/mol. The van der Waals surface area contributed by atoms with Gasteiger partial charge in [0.15, 0.2) is 0 Å². The van der Waals surface area contributed by atoms with Crippen molar-refractivity contribution < 1.29 is 9.84 Å². The van der Waals surface area contributed by atoms with Crippen molar-refractivity contribution in [3.63, 3.8) is 0 Å². The summed E-state index contributed by atoms with van der Waals surface area (Å²) in [7, 11) is 0. The van der Waals surface area contributed by atoms with E-state index in [9.17, 15) is 5.11 Å². The fourth-order valence-corrected chi connectivity index (χ4v) is 2.14. The molecule has 94 valence electrons. The first kappa shape index (κ1) is 13.7. The number of ether oxygens (including phenoxy) is 1. The van der Waals surface area contributed by atoms with Gasteiger partial charge in [-0.25, -0.2) is 0 Å². The molecular formula is C13H9BrCl2O2. The number of aliphatic hydroxyl groups is 1. The van der Waals surface area contributed by atoms with E-state index in [1.807, 2.05) is 6.07 Å². The van der Waals surface area contributed by atoms with E-state index >= 15 is 0 Å². The quantitative estimate of drug-likeness (QED) is 0.842. The number of hydrogen-bond acceptors (Lipinski definition) is 2. The number of aliphatic hydroxyl groups excluding tert-OH is 1. The summed E-state index contributed by atoms with van der Waals surface area (Å²) >= 11 is 15.2. The SMILES string of the molecule is OCc1cc(Cl)ccc1Oc1cc(Br)ccc1Cl. The third kappa shape index (κ3) is 3.18. The minimum atomic E-state index is -0.151. The third-order valence-corrected chi connectivity index (χ3v) is 3.35. The number of rotatable bonds is 3. The second-order valence-corrected chi connectivity index (χ2v) is 5.35. The lowest BCUT2D eigenvalue weighted by Crippen LogP contribution is -1.92. The highest BCUT2D eigenvalue weighted by molar-refractivity contribution is 9.10. The maximum absolute atomic E-state index is 9.26. The van der Waals surface area contributed by atoms with Crippen LogP contribution < -0.4 is 4.74 Å². The molecule has 2 nitrogen and oxygen atoms in total. The van der Waals surface area contributed by atoms with Crippen molar-refractivity contribution in [1.82, 2.24) is 0 Å². The van der Waals surface area contributed by atoms with Crippen LogP contribution in [-0.4, -0.2) is 5.11 Å². The van der Waals surface area contributed by atoms with Gasteiger partial charge in [-0.15, -0.1) is 0 Å². The summed E-state index contributed by atoms with van der Waals surface area (Å²) in [6, 6.07) is 10.4. The fourth-order valence-electron chi connectivity index (χ4n) is 1.45. The second kappa shape index (κ2) is 5.93. The Morgan fingerprint density at radius 2 is 1.83 bits per heavy atom. The minimum absolute atomic E-state index is 0.151. The van der Waals surface area contributed by atoms with E-state index in [-0.39, 0.29) is 6.61 Å². The van der Waals surface area contributed by atoms with Crippen molar-refractivity contribution in [1.29, 1.82) is 0 Å². The molecule has 0 aliphatic heterocycles. The molecule has 0 atom stereocenters. The molecule has 0 spiro atoms. The van der Waals surface area contributed by atoms with Gasteiger partial charge in [-0.05, 0) is 36.4 Å². The Hall–Kier alpha value is -0.740. The predicted molar refractivity (Wildman–Crippen MR) is 76.6 cm³/mol. The van der Waals surface area contributed by atoms with Gasteiger partial charge in [0.25, 0.3) is 0 Å². The van der Waals surface area contributed by atoms with Gasteiger partial charge >= 0.3 is 0 Å². The molecule has 0 aliphatic rings. The van der Waals surface area contributed by atoms with Crippen molar-refractivity contribution in [2.75, 3.05) is 0 Å². The smallest absolute Gasteiger partial charge is 0.147 e. The van der Waals surface area contributed by atoms with Crippen LogP contribution >= 0.6 is 39.1 Å². The van der Waals surface area contributed by atoms with Crippen LogP contribution in [0.2, 0.25) is 10.0 Å². The summed E-state index contributed by atoms with van der Waals surface area (Å²) in [5.74, 6) is 1.05. The Balaban J connectivity index is 2.36. The van der Waals surface area contributed by atoms with Crippen LogP contribution in [0, 0.1) is 0 Å². The van der Waals surface area contributed by atoms with Crippen molar-refractivity contribution in [2.24, 2.45) is 0 Å². The molecule has 0 fully saturated rings. The average Bonchev–Trinajstić information content (AvgIpc) is 2.36. The second-order valence-electron chi connectivity index (χ2n) is 3.59. The molecule has 5 heteroatoms. The standard InChI is InChI=1S/C13H9BrCl2O2/c14-9-1-3-11(16)13(6-9)18-12-4-2-10(15)5-8(12)7-17/h1-6,17H,7H2. The molecule has 2 rings (SSSR count). The molecule has 0 bridgehead atoms. The highest BCUT2D eigenvalue weighted by Gasteiger charge is 2.08. The van der Waals surface area contributed by atoms with Gasteiger partial charge in [-0.1, -0.05) is 39.1 Å². The summed E-state index contributed by atoms with van der Waals surface area (Å²) < 4.78 is 6.55. The molecule has 0 heterocycles. The van der Waals surface area contributed by atoms with Crippen molar-refractivity contribution >= 4 is 39.1 Å². The van der Waals surface area contributed by atoms with Gasteiger partial charge in [0.1, 0.15) is 11.5 Å². The van der Waals surface area contributed by atoms with Crippen LogP contribution in [-0.2, 0) is 6.61 Å². The van der Waals surface area contributed by atoms with Crippen LogP contribution in [0.3, 0.4) is 0 Å². The molecule has 0 saturated carbocycles. The molecule has 0 amide bonds. The van der Waals surface area contributed by atoms with E-state index in [4.69, 9.17) is 27.9 Å². The maximum atomic E-state index is 9.26. The van der Waals surface area contributed by atoms with Crippen molar-refractivity contribution in [3.8, 4) is 11.5 Å². The van der Waals surface area contributed by atoms with E-state index in [1.54, 1.807) is 30.3 Å². The third-order valence-electron chi connectivity index (χ3n) is 2.31. The molecule has 0 radical (unpaired) electrons. The summed E-state index contributed by atoms with van der Waals surface area (Å²) in [6.07, 6.45) is 0. The summed E-state index contributed by atoms with van der Waals surface area (Å²) in [6.45, 7) is -0.151. The zero-order valence-corrected chi connectivity index (χ0v) is 12.3. The molecule has 18 heavy (non-hydrogen) atoms. The van der Waals surface area contributed by atoms with Gasteiger partial charge in [-0.2, -0.15) is 0 Å². The van der Waals surface area contributed by atoms with E-state index in [1.165, 1.54) is 0 Å². The first-order valence-corrected chi connectivity index (χ1v) is 6.67. The summed E-state index contributed by atoms with van der Waals surface area (Å²) in [5, 5.41) is 10.3. The summed E-state index contributed by atoms with van der Waals surface area (Å²) in [5.41, 5.74) is 0.610. The normalized spacial score (nSPS) is 10.4. The lowest BCUT2D eigenvalue weighted by molar-refractivity contribution is 0.276. The largest absolute Gasteiger partial charge is 0.455 e. The van der Waals surface area contributed by atoms with Crippen LogP contribution in [0.4, 0.5) is 0 Å². The number of halogens is 3. The molecule has 2 aromatic rings. The van der Waals surface area contributed by atoms with E-state index in [0.717, 1.165) is 4.47 Å². The maximum Gasteiger partial charge on any atom is 0.147 e. The number of hydrogen-bond donors (Lipinski definition) is 1. The topological polar surface area (TPSA) is 29.5 Å². The Bertz CT molecular complexity index is 573. The Morgan fingerprint density at radius 3 is 2.56 bits per heavy atom. The highest BCUT2D eigenvalue weighted by atomic mass is 79.9. The lowest BCUT2D eigenvalue weighted by Gasteiger charge is -2.11. The average molecular weight is 348 g/mol. The molecule has 1 N–H and O–H groups in total. The molecular weight excluding hydrogens is 339 g/mol. The van der Waals surface area contributed by atoms with Gasteiger partial charge in [-0.3, -0.25) is 0 Å². The molecule has 0 aliphatic carbocycles. The zero-order chi connectivity index (χ0) is 13.1. The number of benzene rings is 2. The van der Waals surface area contributed by atoms with Crippen LogP contribution in [0.15, 0.2) is 40.9 Å². The highest BCUT2D eigenvalue weighted by Crippen LogP contribution is 2.34. The first-order chi connectivity index (χ1) is 8.60. The molecule has 0 aromatic heterocycles. The lowest BCUT2D eigenvalue weighted by atomic mass is 10.2. The van der Waals surface area contributed by atoms with Gasteiger partial charge < -0.3 is 9.84 Å². The van der Waals surface area contributed by atoms with Gasteiger partial charge in [0, 0.05) is 15.1 Å². The Kier molecular flexibility index (Phi) is 4.51. The Labute approximate surface area is 123 Å². The summed E-state index contributed by atoms with van der Waals surface area (Å²) in [4.78, 5) is 0. The van der Waals surface area contributed by atoms with E-state index in [2.05, 4.69) is 15.9 Å². The van der Waals surface area contributed by atoms with E-state index < -0.39 is 0 Å². The zero-order valence-electron chi connectivity index (χ0n) is 9.16. The van der Waals surface area contributed by atoms with Crippen LogP contribution in [0.1, 0.15) is 5.56 Å². The molecule has 0 unspecified atom stereocenters. The van der Waals surface area contributed by atoms with Gasteiger partial charge in [0.05, 0.1) is 11.6 Å². The van der Waals surface area contributed by atoms with Crippen LogP contribution in [0.5, 0.6) is 11.5 Å². The van der Waals surface area contributed by atoms with Crippen molar-refractivity contribution in [3.05, 3.63) is 56.5 Å². The van der Waals surface area contributed by atoms with Crippen molar-refractivity contribution in [2.45, 2.75) is 6.61 Å². The van der Waals surface area contributed by atoms with Crippen LogP contribution in [0.25, 0.3) is 0 Å². The fraction of sp³-hybridized carbons (Fsp3) is 0.0769.